The number of carboxylic acids is 1. The van der Waals surface area contributed by atoms with E-state index in [-0.39, 0.29) is 10.8 Å². The molecule has 0 bridgehead atoms. The zero-order chi connectivity index (χ0) is 16.3. The highest BCUT2D eigenvalue weighted by Gasteiger charge is 2.31. The van der Waals surface area contributed by atoms with Gasteiger partial charge in [0.2, 0.25) is 0 Å². The molecule has 0 aliphatic rings. The van der Waals surface area contributed by atoms with Crippen LogP contribution in [0.3, 0.4) is 0 Å². The van der Waals surface area contributed by atoms with Crippen LogP contribution in [0.15, 0.2) is 41.5 Å². The summed E-state index contributed by atoms with van der Waals surface area (Å²) in [5.41, 5.74) is 2.68. The Balaban J connectivity index is 3.21. The second kappa shape index (κ2) is 6.46. The van der Waals surface area contributed by atoms with Gasteiger partial charge in [0.15, 0.2) is 0 Å². The van der Waals surface area contributed by atoms with Crippen LogP contribution < -0.4 is 0 Å². The molecule has 0 heterocycles. The van der Waals surface area contributed by atoms with Gasteiger partial charge in [-0.1, -0.05) is 70.5 Å². The number of allylic oxidation sites excluding steroid dienone is 1. The summed E-state index contributed by atoms with van der Waals surface area (Å²) < 4.78 is 0. The minimum Gasteiger partial charge on any atom is -0.478 e. The molecule has 0 unspecified atom stereocenters. The third-order valence-electron chi connectivity index (χ3n) is 3.79. The minimum atomic E-state index is -0.817. The predicted molar refractivity (Wildman–Crippen MR) is 88.3 cm³/mol. The van der Waals surface area contributed by atoms with Gasteiger partial charge >= 0.3 is 5.97 Å². The summed E-state index contributed by atoms with van der Waals surface area (Å²) in [6.07, 6.45) is 1.65. The molecule has 1 aromatic carbocycles. The first kappa shape index (κ1) is 17.5. The van der Waals surface area contributed by atoms with Crippen molar-refractivity contribution in [3.8, 4) is 0 Å². The molecular weight excluding hydrogens is 260 g/mol. The van der Waals surface area contributed by atoms with E-state index < -0.39 is 5.97 Å². The van der Waals surface area contributed by atoms with Gasteiger partial charge in [0, 0.05) is 5.57 Å². The molecule has 116 valence electrons. The van der Waals surface area contributed by atoms with Gasteiger partial charge in [-0.2, -0.15) is 0 Å². The average Bonchev–Trinajstić information content (AvgIpc) is 2.33. The Kier molecular flexibility index (Phi) is 5.38. The Hall–Kier alpha value is -1.57. The Morgan fingerprint density at radius 2 is 1.57 bits per heavy atom. The maximum atomic E-state index is 11.5. The molecule has 1 aromatic rings. The molecule has 2 heteroatoms. The fraction of sp³-hybridized carbons (Fsp3) is 0.526. The summed E-state index contributed by atoms with van der Waals surface area (Å²) in [7, 11) is 0. The summed E-state index contributed by atoms with van der Waals surface area (Å²) in [6.45, 7) is 12.6. The van der Waals surface area contributed by atoms with Crippen molar-refractivity contribution in [2.75, 3.05) is 0 Å². The fourth-order valence-electron chi connectivity index (χ4n) is 3.24. The van der Waals surface area contributed by atoms with Crippen molar-refractivity contribution in [2.24, 2.45) is 10.8 Å². The van der Waals surface area contributed by atoms with E-state index in [4.69, 9.17) is 0 Å². The standard InChI is InChI=1S/C19H28O2/c1-14(17(20)21)16(12-15-10-8-7-9-11-15)19(5,6)13-18(2,3)4/h7-11H,12-13H2,1-6H3,(H,20,21). The van der Waals surface area contributed by atoms with Crippen molar-refractivity contribution in [1.29, 1.82) is 0 Å². The number of carbonyl (C=O) groups is 1. The first-order valence-electron chi connectivity index (χ1n) is 7.50. The third-order valence-corrected chi connectivity index (χ3v) is 3.79. The van der Waals surface area contributed by atoms with Crippen LogP contribution in [0.25, 0.3) is 0 Å². The lowest BCUT2D eigenvalue weighted by molar-refractivity contribution is -0.132. The molecule has 1 N–H and O–H groups in total. The minimum absolute atomic E-state index is 0.142. The average molecular weight is 288 g/mol. The molecule has 2 nitrogen and oxygen atoms in total. The third kappa shape index (κ3) is 5.37. The van der Waals surface area contributed by atoms with E-state index in [0.717, 1.165) is 17.6 Å². The number of benzene rings is 1. The summed E-state index contributed by atoms with van der Waals surface area (Å²) in [5.74, 6) is -0.817. The van der Waals surface area contributed by atoms with Gasteiger partial charge < -0.3 is 5.11 Å². The molecule has 0 saturated heterocycles. The van der Waals surface area contributed by atoms with Gasteiger partial charge in [0.1, 0.15) is 0 Å². The van der Waals surface area contributed by atoms with Crippen molar-refractivity contribution < 1.29 is 9.90 Å². The van der Waals surface area contributed by atoms with Gasteiger partial charge in [0.05, 0.1) is 0 Å². The molecule has 0 aliphatic carbocycles. The Morgan fingerprint density at radius 3 is 2.00 bits per heavy atom. The van der Waals surface area contributed by atoms with E-state index in [1.54, 1.807) is 6.92 Å². The van der Waals surface area contributed by atoms with Gasteiger partial charge in [-0.15, -0.1) is 0 Å². The quantitative estimate of drug-likeness (QED) is 0.766. The topological polar surface area (TPSA) is 37.3 Å². The Labute approximate surface area is 128 Å². The number of aliphatic carboxylic acids is 1. The van der Waals surface area contributed by atoms with Crippen LogP contribution in [0, 0.1) is 10.8 Å². The number of hydrogen-bond acceptors (Lipinski definition) is 1. The van der Waals surface area contributed by atoms with E-state index in [9.17, 15) is 9.90 Å². The summed E-state index contributed by atoms with van der Waals surface area (Å²) in [5, 5.41) is 9.43. The highest BCUT2D eigenvalue weighted by Crippen LogP contribution is 2.41. The van der Waals surface area contributed by atoms with Crippen molar-refractivity contribution in [3.05, 3.63) is 47.0 Å². The zero-order valence-corrected chi connectivity index (χ0v) is 14.2. The molecule has 0 saturated carbocycles. The molecular formula is C19H28O2. The van der Waals surface area contributed by atoms with Gasteiger partial charge in [0.25, 0.3) is 0 Å². The van der Waals surface area contributed by atoms with Crippen LogP contribution in [0.2, 0.25) is 0 Å². The van der Waals surface area contributed by atoms with Crippen LogP contribution in [-0.4, -0.2) is 11.1 Å². The highest BCUT2D eigenvalue weighted by molar-refractivity contribution is 5.87. The smallest absolute Gasteiger partial charge is 0.331 e. The molecule has 0 fully saturated rings. The molecule has 0 radical (unpaired) electrons. The van der Waals surface area contributed by atoms with Gasteiger partial charge in [-0.25, -0.2) is 4.79 Å². The molecule has 0 aliphatic heterocycles. The molecule has 0 spiro atoms. The van der Waals surface area contributed by atoms with Crippen LogP contribution >= 0.6 is 0 Å². The number of rotatable bonds is 5. The maximum Gasteiger partial charge on any atom is 0.331 e. The summed E-state index contributed by atoms with van der Waals surface area (Å²) >= 11 is 0. The monoisotopic (exact) mass is 288 g/mol. The molecule has 0 atom stereocenters. The molecule has 0 aromatic heterocycles. The first-order chi connectivity index (χ1) is 9.53. The molecule has 21 heavy (non-hydrogen) atoms. The lowest BCUT2D eigenvalue weighted by Gasteiger charge is -2.36. The van der Waals surface area contributed by atoms with E-state index in [0.29, 0.717) is 12.0 Å². The van der Waals surface area contributed by atoms with Gasteiger partial charge in [-0.3, -0.25) is 0 Å². The van der Waals surface area contributed by atoms with Crippen molar-refractivity contribution in [3.63, 3.8) is 0 Å². The van der Waals surface area contributed by atoms with E-state index in [1.165, 1.54) is 0 Å². The largest absolute Gasteiger partial charge is 0.478 e. The number of hydrogen-bond donors (Lipinski definition) is 1. The lowest BCUT2D eigenvalue weighted by Crippen LogP contribution is -2.26. The fourth-order valence-corrected chi connectivity index (χ4v) is 3.24. The van der Waals surface area contributed by atoms with E-state index >= 15 is 0 Å². The lowest BCUT2D eigenvalue weighted by atomic mass is 9.69. The summed E-state index contributed by atoms with van der Waals surface area (Å²) in [6, 6.07) is 10.1. The second-order valence-corrected chi connectivity index (χ2v) is 7.69. The normalized spacial score (nSPS) is 13.8. The maximum absolute atomic E-state index is 11.5. The summed E-state index contributed by atoms with van der Waals surface area (Å²) in [4.78, 5) is 11.5. The highest BCUT2D eigenvalue weighted by atomic mass is 16.4. The van der Waals surface area contributed by atoms with Crippen molar-refractivity contribution >= 4 is 5.97 Å². The van der Waals surface area contributed by atoms with E-state index in [1.807, 2.05) is 18.2 Å². The SMILES string of the molecule is CC(C(=O)O)=C(Cc1ccccc1)C(C)(C)CC(C)(C)C. The molecule has 1 rings (SSSR count). The van der Waals surface area contributed by atoms with Gasteiger partial charge in [-0.05, 0) is 36.2 Å². The second-order valence-electron chi connectivity index (χ2n) is 7.69. The van der Waals surface area contributed by atoms with Crippen molar-refractivity contribution in [1.82, 2.24) is 0 Å². The van der Waals surface area contributed by atoms with Crippen LogP contribution in [-0.2, 0) is 11.2 Å². The number of carboxylic acid groups (broad SMARTS) is 1. The van der Waals surface area contributed by atoms with Crippen LogP contribution in [0.4, 0.5) is 0 Å². The first-order valence-corrected chi connectivity index (χ1v) is 7.50. The predicted octanol–water partition coefficient (Wildman–Crippen LogP) is 5.09. The zero-order valence-electron chi connectivity index (χ0n) is 14.2. The van der Waals surface area contributed by atoms with Crippen LogP contribution in [0.5, 0.6) is 0 Å². The Bertz CT molecular complexity index is 516. The molecule has 0 amide bonds. The van der Waals surface area contributed by atoms with Crippen LogP contribution in [0.1, 0.15) is 53.5 Å². The Morgan fingerprint density at radius 1 is 1.05 bits per heavy atom. The van der Waals surface area contributed by atoms with E-state index in [2.05, 4.69) is 46.8 Å². The van der Waals surface area contributed by atoms with Crippen molar-refractivity contribution in [2.45, 2.75) is 54.4 Å².